The van der Waals surface area contributed by atoms with Gasteiger partial charge in [0.25, 0.3) is 0 Å². The Balaban J connectivity index is 0.000000550. The summed E-state index contributed by atoms with van der Waals surface area (Å²) in [4.78, 5) is 12.7. The van der Waals surface area contributed by atoms with Crippen LogP contribution in [0.2, 0.25) is 0 Å². The number of nitrogens with zero attached hydrogens (tertiary/aromatic N) is 1. The number of carbonyl (C=O) groups is 1. The van der Waals surface area contributed by atoms with Crippen molar-refractivity contribution >= 4 is 24.4 Å². The second-order valence-corrected chi connectivity index (χ2v) is 4.41. The van der Waals surface area contributed by atoms with Gasteiger partial charge in [0.15, 0.2) is 0 Å². The fraction of sp³-hybridized carbons (Fsp3) is 0.385. The maximum absolute atomic E-state index is 8.58. The van der Waals surface area contributed by atoms with E-state index < -0.39 is 0 Å². The highest BCUT2D eigenvalue weighted by atomic mass is 32.2. The van der Waals surface area contributed by atoms with E-state index in [0.29, 0.717) is 6.10 Å². The molecule has 1 aromatic rings. The van der Waals surface area contributed by atoms with Crippen LogP contribution < -0.4 is 9.92 Å². The fourth-order valence-electron chi connectivity index (χ4n) is 1.16. The normalized spacial score (nSPS) is 14.3. The van der Waals surface area contributed by atoms with Gasteiger partial charge in [-0.2, -0.15) is 0 Å². The van der Waals surface area contributed by atoms with Crippen LogP contribution in [0.4, 0.5) is 0 Å². The van der Waals surface area contributed by atoms with Gasteiger partial charge in [0.05, 0.1) is 6.10 Å². The average molecular weight is 282 g/mol. The van der Waals surface area contributed by atoms with Gasteiger partial charge in [-0.25, -0.2) is 0 Å². The van der Waals surface area contributed by atoms with Gasteiger partial charge in [-0.15, -0.1) is 0 Å². The molecular formula is C13H18N2O3S. The van der Waals surface area contributed by atoms with E-state index in [2.05, 4.69) is 10.7 Å². The van der Waals surface area contributed by atoms with Crippen molar-refractivity contribution in [2.45, 2.75) is 25.9 Å². The summed E-state index contributed by atoms with van der Waals surface area (Å²) in [6.07, 6.45) is 2.96. The molecule has 1 aliphatic carbocycles. The highest BCUT2D eigenvalue weighted by molar-refractivity contribution is 7.90. The Morgan fingerprint density at radius 2 is 2.00 bits per heavy atom. The van der Waals surface area contributed by atoms with Crippen LogP contribution >= 0.6 is 12.3 Å². The van der Waals surface area contributed by atoms with Crippen LogP contribution in [0.15, 0.2) is 29.3 Å². The van der Waals surface area contributed by atoms with Crippen molar-refractivity contribution in [1.29, 1.82) is 0 Å². The molecule has 0 aromatic heterocycles. The first-order chi connectivity index (χ1) is 9.21. The van der Waals surface area contributed by atoms with Crippen molar-refractivity contribution in [2.75, 3.05) is 7.05 Å². The van der Waals surface area contributed by atoms with Gasteiger partial charge in [-0.1, -0.05) is 0 Å². The first-order valence-electron chi connectivity index (χ1n) is 5.90. The topological polar surface area (TPSA) is 73.9 Å². The highest BCUT2D eigenvalue weighted by Gasteiger charge is 2.23. The number of hydrogen-bond acceptors (Lipinski definition) is 5. The highest BCUT2D eigenvalue weighted by Crippen LogP contribution is 2.29. The molecule has 0 spiro atoms. The zero-order valence-corrected chi connectivity index (χ0v) is 11.9. The van der Waals surface area contributed by atoms with E-state index in [1.807, 2.05) is 31.2 Å². The SMILES string of the molecule is CN=C(C)c1ccc(OSOC2CC2)cc1.NC=O. The lowest BCUT2D eigenvalue weighted by Gasteiger charge is -2.04. The molecule has 1 fully saturated rings. The predicted octanol–water partition coefficient (Wildman–Crippen LogP) is 2.35. The van der Waals surface area contributed by atoms with Crippen LogP contribution in [-0.2, 0) is 8.98 Å². The molecule has 1 aromatic carbocycles. The van der Waals surface area contributed by atoms with Crippen LogP contribution in [0.25, 0.3) is 0 Å². The Morgan fingerprint density at radius 3 is 2.47 bits per heavy atom. The van der Waals surface area contributed by atoms with Crippen molar-refractivity contribution < 1.29 is 13.2 Å². The fourth-order valence-corrected chi connectivity index (χ4v) is 1.69. The third kappa shape index (κ3) is 6.26. The minimum absolute atomic E-state index is 0.250. The molecule has 1 amide bonds. The van der Waals surface area contributed by atoms with Crippen molar-refractivity contribution in [3.63, 3.8) is 0 Å². The summed E-state index contributed by atoms with van der Waals surface area (Å²) in [6, 6.07) is 7.84. The van der Waals surface area contributed by atoms with E-state index >= 15 is 0 Å². The van der Waals surface area contributed by atoms with E-state index in [-0.39, 0.29) is 6.41 Å². The molecule has 0 radical (unpaired) electrons. The lowest BCUT2D eigenvalue weighted by molar-refractivity contribution is -0.106. The summed E-state index contributed by atoms with van der Waals surface area (Å²) in [7, 11) is 1.79. The molecule has 2 N–H and O–H groups in total. The molecule has 6 heteroatoms. The molecule has 0 aliphatic heterocycles. The van der Waals surface area contributed by atoms with Crippen molar-refractivity contribution in [3.8, 4) is 5.75 Å². The van der Waals surface area contributed by atoms with Gasteiger partial charge in [0.1, 0.15) is 5.75 Å². The predicted molar refractivity (Wildman–Crippen MR) is 77.2 cm³/mol. The van der Waals surface area contributed by atoms with E-state index in [0.717, 1.165) is 42.2 Å². The zero-order chi connectivity index (χ0) is 14.1. The van der Waals surface area contributed by atoms with E-state index in [1.54, 1.807) is 7.05 Å². The molecule has 19 heavy (non-hydrogen) atoms. The van der Waals surface area contributed by atoms with E-state index in [4.69, 9.17) is 13.2 Å². The van der Waals surface area contributed by atoms with Crippen molar-refractivity contribution in [1.82, 2.24) is 0 Å². The average Bonchev–Trinajstić information content (AvgIpc) is 3.24. The standard InChI is InChI=1S/C12H15NO2S.CH3NO/c1-9(13-2)10-3-5-11(6-4-10)14-16-15-12-7-8-12;2-1-3/h3-6,12H,7-8H2,1-2H3;1H,(H2,2,3). The molecule has 1 aliphatic rings. The molecule has 0 unspecified atom stereocenters. The van der Waals surface area contributed by atoms with Crippen LogP contribution in [0.3, 0.4) is 0 Å². The Hall–Kier alpha value is -1.53. The number of hydrogen-bond donors (Lipinski definition) is 1. The Labute approximate surface area is 117 Å². The smallest absolute Gasteiger partial charge is 0.225 e. The van der Waals surface area contributed by atoms with Gasteiger partial charge in [-0.3, -0.25) is 14.0 Å². The number of amides is 1. The molecule has 5 nitrogen and oxygen atoms in total. The molecule has 0 atom stereocenters. The lowest BCUT2D eigenvalue weighted by Crippen LogP contribution is -1.94. The molecule has 0 heterocycles. The summed E-state index contributed by atoms with van der Waals surface area (Å²) in [5, 5.41) is 0. The summed E-state index contributed by atoms with van der Waals surface area (Å²) in [5.41, 5.74) is 6.30. The van der Waals surface area contributed by atoms with Gasteiger partial charge in [0, 0.05) is 12.8 Å². The lowest BCUT2D eigenvalue weighted by atomic mass is 10.1. The Bertz CT molecular complexity index is 416. The number of aliphatic imine (C=N–C) groups is 1. The van der Waals surface area contributed by atoms with Gasteiger partial charge in [0.2, 0.25) is 18.7 Å². The third-order valence-corrected chi connectivity index (χ3v) is 3.05. The summed E-state index contributed by atoms with van der Waals surface area (Å²) in [6.45, 7) is 1.99. The summed E-state index contributed by atoms with van der Waals surface area (Å²) < 4.78 is 10.7. The van der Waals surface area contributed by atoms with Crippen molar-refractivity contribution in [2.24, 2.45) is 10.7 Å². The van der Waals surface area contributed by atoms with E-state index in [1.165, 1.54) is 0 Å². The Kier molecular flexibility index (Phi) is 6.99. The second-order valence-electron chi connectivity index (χ2n) is 3.92. The van der Waals surface area contributed by atoms with Crippen LogP contribution in [0, 0.1) is 0 Å². The van der Waals surface area contributed by atoms with E-state index in [9.17, 15) is 0 Å². The molecular weight excluding hydrogens is 264 g/mol. The quantitative estimate of drug-likeness (QED) is 0.511. The first-order valence-corrected chi connectivity index (χ1v) is 6.57. The number of nitrogens with two attached hydrogens (primary N) is 1. The second kappa shape index (κ2) is 8.55. The largest absolute Gasteiger partial charge is 0.400 e. The minimum atomic E-state index is 0.250. The number of carbonyl (C=O) groups excluding carboxylic acids is 1. The number of primary amides is 1. The first kappa shape index (κ1) is 15.5. The third-order valence-electron chi connectivity index (χ3n) is 2.44. The van der Waals surface area contributed by atoms with Crippen LogP contribution in [-0.4, -0.2) is 25.3 Å². The van der Waals surface area contributed by atoms with Crippen molar-refractivity contribution in [3.05, 3.63) is 29.8 Å². The molecule has 1 saturated carbocycles. The molecule has 104 valence electrons. The molecule has 0 saturated heterocycles. The minimum Gasteiger partial charge on any atom is -0.400 e. The summed E-state index contributed by atoms with van der Waals surface area (Å²) in [5.74, 6) is 0.804. The van der Waals surface area contributed by atoms with Crippen LogP contribution in [0.5, 0.6) is 5.75 Å². The van der Waals surface area contributed by atoms with Gasteiger partial charge >= 0.3 is 0 Å². The number of benzene rings is 1. The van der Waals surface area contributed by atoms with Crippen LogP contribution in [0.1, 0.15) is 25.3 Å². The van der Waals surface area contributed by atoms with Gasteiger partial charge in [-0.05, 0) is 49.6 Å². The monoisotopic (exact) mass is 282 g/mol. The number of rotatable bonds is 5. The maximum Gasteiger partial charge on any atom is 0.225 e. The Morgan fingerprint density at radius 1 is 1.42 bits per heavy atom. The molecule has 0 bridgehead atoms. The zero-order valence-electron chi connectivity index (χ0n) is 11.0. The maximum atomic E-state index is 8.58. The van der Waals surface area contributed by atoms with Gasteiger partial charge < -0.3 is 9.92 Å². The summed E-state index contributed by atoms with van der Waals surface area (Å²) >= 11 is 1.07. The molecule has 2 rings (SSSR count).